The quantitative estimate of drug-likeness (QED) is 0.335. The highest BCUT2D eigenvalue weighted by atomic mass is 16.1. The highest BCUT2D eigenvalue weighted by Crippen LogP contribution is 2.25. The van der Waals surface area contributed by atoms with Gasteiger partial charge in [-0.05, 0) is 82.1 Å². The average Bonchev–Trinajstić information content (AvgIpc) is 3.19. The Morgan fingerprint density at radius 3 is 2.22 bits per heavy atom. The first-order chi connectivity index (χ1) is 17.3. The summed E-state index contributed by atoms with van der Waals surface area (Å²) >= 11 is 0. The van der Waals surface area contributed by atoms with Crippen LogP contribution in [0.25, 0.3) is 16.7 Å². The van der Waals surface area contributed by atoms with Crippen molar-refractivity contribution in [2.45, 2.75) is 34.6 Å². The summed E-state index contributed by atoms with van der Waals surface area (Å²) in [6.07, 6.45) is 0. The van der Waals surface area contributed by atoms with Crippen molar-refractivity contribution in [2.24, 2.45) is 0 Å². The van der Waals surface area contributed by atoms with E-state index in [2.05, 4.69) is 38.7 Å². The third-order valence-electron chi connectivity index (χ3n) is 5.91. The molecule has 36 heavy (non-hydrogen) atoms. The number of amides is 1. The first-order valence-corrected chi connectivity index (χ1v) is 11.7. The molecule has 0 aliphatic rings. The van der Waals surface area contributed by atoms with Crippen LogP contribution >= 0.6 is 0 Å². The summed E-state index contributed by atoms with van der Waals surface area (Å²) in [5, 5.41) is 11.9. The topological polar surface area (TPSA) is 97.6 Å². The van der Waals surface area contributed by atoms with Crippen molar-refractivity contribution in [3.8, 4) is 5.82 Å². The van der Waals surface area contributed by atoms with Gasteiger partial charge in [0.15, 0.2) is 5.82 Å². The van der Waals surface area contributed by atoms with Gasteiger partial charge in [-0.25, -0.2) is 15.0 Å². The molecule has 0 unspecified atom stereocenters. The van der Waals surface area contributed by atoms with Gasteiger partial charge < -0.3 is 10.6 Å². The van der Waals surface area contributed by atoms with Crippen LogP contribution in [-0.2, 0) is 0 Å². The Morgan fingerprint density at radius 1 is 0.778 bits per heavy atom. The number of para-hydroxylation sites is 1. The summed E-state index contributed by atoms with van der Waals surface area (Å²) < 4.78 is 1.68. The number of aromatic nitrogens is 5. The highest BCUT2D eigenvalue weighted by molar-refractivity contribution is 6.04. The Hall–Kier alpha value is -4.59. The molecule has 3 heterocycles. The van der Waals surface area contributed by atoms with E-state index in [1.807, 2.05) is 70.2 Å². The largest absolute Gasteiger partial charge is 0.324 e. The van der Waals surface area contributed by atoms with Crippen LogP contribution in [0.3, 0.4) is 0 Å². The zero-order chi connectivity index (χ0) is 25.4. The van der Waals surface area contributed by atoms with Crippen LogP contribution in [0.2, 0.25) is 0 Å². The molecule has 0 spiro atoms. The average molecular weight is 478 g/mol. The van der Waals surface area contributed by atoms with Crippen molar-refractivity contribution in [1.82, 2.24) is 24.7 Å². The van der Waals surface area contributed by atoms with Crippen LogP contribution < -0.4 is 10.6 Å². The van der Waals surface area contributed by atoms with E-state index in [1.54, 1.807) is 16.8 Å². The molecule has 5 rings (SSSR count). The molecule has 8 nitrogen and oxygen atoms in total. The van der Waals surface area contributed by atoms with Gasteiger partial charge in [0, 0.05) is 34.1 Å². The van der Waals surface area contributed by atoms with Crippen LogP contribution in [-0.4, -0.2) is 30.6 Å². The maximum atomic E-state index is 13.1. The summed E-state index contributed by atoms with van der Waals surface area (Å²) in [4.78, 5) is 26.7. The first kappa shape index (κ1) is 23.2. The predicted molar refractivity (Wildman–Crippen MR) is 142 cm³/mol. The van der Waals surface area contributed by atoms with E-state index in [0.717, 1.165) is 44.8 Å². The molecule has 1 amide bonds. The summed E-state index contributed by atoms with van der Waals surface area (Å²) in [7, 11) is 0. The Bertz CT molecular complexity index is 1580. The van der Waals surface area contributed by atoms with Gasteiger partial charge in [-0.3, -0.25) is 4.79 Å². The van der Waals surface area contributed by atoms with Crippen LogP contribution in [0.1, 0.15) is 38.6 Å². The van der Waals surface area contributed by atoms with Crippen molar-refractivity contribution in [3.05, 3.63) is 94.4 Å². The summed E-state index contributed by atoms with van der Waals surface area (Å²) in [5.41, 5.74) is 6.98. The second-order valence-corrected chi connectivity index (χ2v) is 8.98. The van der Waals surface area contributed by atoms with E-state index in [-0.39, 0.29) is 5.91 Å². The van der Waals surface area contributed by atoms with Gasteiger partial charge in [0.05, 0.1) is 11.2 Å². The molecule has 3 aromatic heterocycles. The molecule has 0 fully saturated rings. The minimum absolute atomic E-state index is 0.237. The zero-order valence-electron chi connectivity index (χ0n) is 20.9. The molecule has 0 bridgehead atoms. The smallest absolute Gasteiger partial charge is 0.256 e. The number of aryl methyl sites for hydroxylation is 5. The number of carbonyl (C=O) groups is 1. The summed E-state index contributed by atoms with van der Waals surface area (Å²) in [6.45, 7) is 9.84. The van der Waals surface area contributed by atoms with Crippen LogP contribution in [0.5, 0.6) is 0 Å². The maximum absolute atomic E-state index is 13.1. The Balaban J connectivity index is 1.39. The lowest BCUT2D eigenvalue weighted by Crippen LogP contribution is -2.15. The van der Waals surface area contributed by atoms with Gasteiger partial charge in [-0.2, -0.15) is 9.78 Å². The van der Waals surface area contributed by atoms with Gasteiger partial charge in [0.1, 0.15) is 5.82 Å². The number of carbonyl (C=O) groups excluding carboxylic acids is 1. The number of rotatable bonds is 5. The lowest BCUT2D eigenvalue weighted by Gasteiger charge is -2.12. The van der Waals surface area contributed by atoms with Gasteiger partial charge in [0.25, 0.3) is 5.91 Å². The van der Waals surface area contributed by atoms with Crippen LogP contribution in [0.4, 0.5) is 17.5 Å². The molecule has 180 valence electrons. The lowest BCUT2D eigenvalue weighted by molar-refractivity contribution is 0.102. The van der Waals surface area contributed by atoms with E-state index >= 15 is 0 Å². The Morgan fingerprint density at radius 2 is 1.50 bits per heavy atom. The summed E-state index contributed by atoms with van der Waals surface area (Å²) in [5.74, 6) is 1.51. The Kier molecular flexibility index (Phi) is 5.93. The number of benzene rings is 2. The van der Waals surface area contributed by atoms with E-state index in [0.29, 0.717) is 23.1 Å². The maximum Gasteiger partial charge on any atom is 0.256 e. The fourth-order valence-corrected chi connectivity index (χ4v) is 4.22. The van der Waals surface area contributed by atoms with E-state index < -0.39 is 0 Å². The van der Waals surface area contributed by atoms with Gasteiger partial charge in [-0.1, -0.05) is 18.2 Å². The molecule has 8 heteroatoms. The van der Waals surface area contributed by atoms with Crippen molar-refractivity contribution < 1.29 is 4.79 Å². The Labute approximate surface area is 209 Å². The van der Waals surface area contributed by atoms with Gasteiger partial charge >= 0.3 is 0 Å². The molecule has 2 aromatic carbocycles. The first-order valence-electron chi connectivity index (χ1n) is 11.7. The van der Waals surface area contributed by atoms with Crippen molar-refractivity contribution in [1.29, 1.82) is 0 Å². The normalized spacial score (nSPS) is 11.0. The molecule has 0 radical (unpaired) electrons. The van der Waals surface area contributed by atoms with Crippen LogP contribution in [0, 0.1) is 34.6 Å². The fourth-order valence-electron chi connectivity index (χ4n) is 4.22. The fraction of sp³-hybridized carbons (Fsp3) is 0.179. The number of hydrogen-bond donors (Lipinski definition) is 2. The third-order valence-corrected chi connectivity index (χ3v) is 5.91. The number of hydrogen-bond acceptors (Lipinski definition) is 6. The molecule has 5 aromatic rings. The van der Waals surface area contributed by atoms with E-state index in [4.69, 9.17) is 4.98 Å². The highest BCUT2D eigenvalue weighted by Gasteiger charge is 2.15. The molecule has 2 N–H and O–H groups in total. The monoisotopic (exact) mass is 477 g/mol. The second kappa shape index (κ2) is 9.22. The molecule has 0 saturated heterocycles. The standard InChI is InChI=1S/C28H27N7O/c1-16-7-6-8-23-17(2)13-24(32-26(16)23)35-25(15-20(5)34-35)33-27(36)21-9-11-22(12-10-21)31-28-29-18(3)14-19(4)30-28/h6-15H,1-5H3,(H,33,36)(H,29,30,31). The van der Waals surface area contributed by atoms with E-state index in [9.17, 15) is 4.79 Å². The summed E-state index contributed by atoms with van der Waals surface area (Å²) in [6, 6.07) is 19.1. The molecule has 0 aliphatic carbocycles. The molecule has 0 atom stereocenters. The van der Waals surface area contributed by atoms with Crippen molar-refractivity contribution in [2.75, 3.05) is 10.6 Å². The van der Waals surface area contributed by atoms with Gasteiger partial charge in [0.2, 0.25) is 5.95 Å². The predicted octanol–water partition coefficient (Wildman–Crippen LogP) is 5.75. The molecular weight excluding hydrogens is 450 g/mol. The minimum atomic E-state index is -0.237. The molecule has 0 saturated carbocycles. The van der Waals surface area contributed by atoms with Crippen LogP contribution in [0.15, 0.2) is 60.7 Å². The SMILES string of the molecule is Cc1cc(C)nc(Nc2ccc(C(=O)Nc3cc(C)nn3-c3cc(C)c4cccc(C)c4n3)cc2)n1. The number of pyridine rings is 1. The number of fused-ring (bicyclic) bond motifs is 1. The third kappa shape index (κ3) is 4.65. The number of anilines is 3. The molecule has 0 aliphatic heterocycles. The van der Waals surface area contributed by atoms with Crippen molar-refractivity contribution >= 4 is 34.3 Å². The van der Waals surface area contributed by atoms with Gasteiger partial charge in [-0.15, -0.1) is 0 Å². The van der Waals surface area contributed by atoms with Crippen molar-refractivity contribution in [3.63, 3.8) is 0 Å². The minimum Gasteiger partial charge on any atom is -0.324 e. The van der Waals surface area contributed by atoms with E-state index in [1.165, 1.54) is 0 Å². The zero-order valence-corrected chi connectivity index (χ0v) is 20.9. The number of nitrogens with zero attached hydrogens (tertiary/aromatic N) is 5. The second-order valence-electron chi connectivity index (χ2n) is 8.98. The number of nitrogens with one attached hydrogen (secondary N) is 2. The molecular formula is C28H27N7O. The lowest BCUT2D eigenvalue weighted by atomic mass is 10.1.